The predicted octanol–water partition coefficient (Wildman–Crippen LogP) is 1.66. The Morgan fingerprint density at radius 2 is 2.10 bits per heavy atom. The quantitative estimate of drug-likeness (QED) is 0.811. The van der Waals surface area contributed by atoms with Crippen LogP contribution in [0.3, 0.4) is 0 Å². The summed E-state index contributed by atoms with van der Waals surface area (Å²) in [6.07, 6.45) is 1.53. The van der Waals surface area contributed by atoms with Crippen LogP contribution in [-0.2, 0) is 10.0 Å². The number of rotatable bonds is 5. The fourth-order valence-electron chi connectivity index (χ4n) is 1.82. The fraction of sp³-hybridized carbons (Fsp3) is 0.231. The summed E-state index contributed by atoms with van der Waals surface area (Å²) in [5.74, 6) is 0.906. The normalized spacial score (nSPS) is 13.0. The molecule has 0 amide bonds. The Hall–Kier alpha value is -1.77. The van der Waals surface area contributed by atoms with Crippen LogP contribution < -0.4 is 10.5 Å². The number of hydrogen-bond donors (Lipinski definition) is 2. The third kappa shape index (κ3) is 3.46. The predicted molar refractivity (Wildman–Crippen MR) is 82.3 cm³/mol. The molecule has 0 aliphatic carbocycles. The molecule has 1 unspecified atom stereocenters. The minimum atomic E-state index is -3.79. The summed E-state index contributed by atoms with van der Waals surface area (Å²) in [6.45, 7) is 3.38. The van der Waals surface area contributed by atoms with Gasteiger partial charge in [-0.25, -0.2) is 13.4 Å². The Bertz CT molecular complexity index is 768. The summed E-state index contributed by atoms with van der Waals surface area (Å²) in [5, 5.41) is 0. The summed E-state index contributed by atoms with van der Waals surface area (Å²) in [5.41, 5.74) is 5.87. The summed E-state index contributed by atoms with van der Waals surface area (Å²) < 4.78 is 32.7. The van der Waals surface area contributed by atoms with Gasteiger partial charge in [0.15, 0.2) is 0 Å². The number of benzene rings is 1. The van der Waals surface area contributed by atoms with Crippen LogP contribution in [0.2, 0.25) is 0 Å². The zero-order valence-corrected chi connectivity index (χ0v) is 13.2. The molecule has 1 aromatic heterocycles. The van der Waals surface area contributed by atoms with E-state index in [0.29, 0.717) is 17.2 Å². The maximum absolute atomic E-state index is 12.5. The highest BCUT2D eigenvalue weighted by Crippen LogP contribution is 2.19. The fourth-order valence-corrected chi connectivity index (χ4v) is 3.48. The molecule has 6 nitrogen and oxygen atoms in total. The number of nitrogens with one attached hydrogen (secondary N) is 1. The molecule has 8 heteroatoms. The molecule has 0 spiro atoms. The molecular formula is C13H15N3O3S2. The highest BCUT2D eigenvalue weighted by atomic mass is 32.2. The van der Waals surface area contributed by atoms with Crippen molar-refractivity contribution in [1.82, 2.24) is 9.71 Å². The highest BCUT2D eigenvalue weighted by molar-refractivity contribution is 7.89. The van der Waals surface area contributed by atoms with E-state index >= 15 is 0 Å². The highest BCUT2D eigenvalue weighted by Gasteiger charge is 2.24. The Balaban J connectivity index is 2.33. The Labute approximate surface area is 128 Å². The van der Waals surface area contributed by atoms with Crippen LogP contribution in [0.1, 0.15) is 30.2 Å². The molecule has 0 saturated heterocycles. The molecule has 0 radical (unpaired) electrons. The van der Waals surface area contributed by atoms with Crippen molar-refractivity contribution in [2.24, 2.45) is 5.73 Å². The number of nitrogens with zero attached hydrogens (tertiary/aromatic N) is 1. The third-order valence-electron chi connectivity index (χ3n) is 2.78. The largest absolute Gasteiger partial charge is 0.444 e. The van der Waals surface area contributed by atoms with Gasteiger partial charge in [-0.1, -0.05) is 30.4 Å². The van der Waals surface area contributed by atoms with E-state index in [2.05, 4.69) is 9.71 Å². The van der Waals surface area contributed by atoms with Gasteiger partial charge in [0.05, 0.1) is 17.1 Å². The Morgan fingerprint density at radius 1 is 1.43 bits per heavy atom. The number of hydrogen-bond acceptors (Lipinski definition) is 5. The van der Waals surface area contributed by atoms with Crippen molar-refractivity contribution in [3.05, 3.63) is 47.7 Å². The van der Waals surface area contributed by atoms with E-state index in [1.54, 1.807) is 32.0 Å². The first-order chi connectivity index (χ1) is 9.81. The average Bonchev–Trinajstić information content (AvgIpc) is 2.85. The first-order valence-corrected chi connectivity index (χ1v) is 8.04. The summed E-state index contributed by atoms with van der Waals surface area (Å²) in [4.78, 5) is 4.07. The molecule has 0 fully saturated rings. The lowest BCUT2D eigenvalue weighted by molar-refractivity contribution is 0.428. The Kier molecular flexibility index (Phi) is 4.40. The molecule has 2 aromatic rings. The zero-order valence-electron chi connectivity index (χ0n) is 11.5. The van der Waals surface area contributed by atoms with Crippen LogP contribution in [0.5, 0.6) is 0 Å². The maximum atomic E-state index is 12.5. The van der Waals surface area contributed by atoms with E-state index in [9.17, 15) is 8.42 Å². The molecule has 0 aliphatic rings. The van der Waals surface area contributed by atoms with Crippen molar-refractivity contribution in [2.75, 3.05) is 0 Å². The third-order valence-corrected chi connectivity index (χ3v) is 4.60. The standard InChI is InChI=1S/C13H15N3O3S2/c1-8-7-15-13(19-8)9(2)16-21(17,18)11-6-4-3-5-10(11)12(14)20/h3-7,9,16H,1-2H3,(H2,14,20). The average molecular weight is 325 g/mol. The molecule has 2 rings (SSSR count). The van der Waals surface area contributed by atoms with Crippen molar-refractivity contribution in [3.8, 4) is 0 Å². The van der Waals surface area contributed by atoms with Gasteiger partial charge in [-0.2, -0.15) is 4.72 Å². The van der Waals surface area contributed by atoms with Gasteiger partial charge in [-0.3, -0.25) is 0 Å². The van der Waals surface area contributed by atoms with Gasteiger partial charge in [-0.15, -0.1) is 0 Å². The van der Waals surface area contributed by atoms with Crippen LogP contribution >= 0.6 is 12.2 Å². The molecule has 0 aliphatic heterocycles. The SMILES string of the molecule is Cc1cnc(C(C)NS(=O)(=O)c2ccccc2C(N)=S)o1. The Morgan fingerprint density at radius 3 is 2.67 bits per heavy atom. The van der Waals surface area contributed by atoms with E-state index < -0.39 is 16.1 Å². The monoisotopic (exact) mass is 325 g/mol. The number of sulfonamides is 1. The first-order valence-electron chi connectivity index (χ1n) is 6.15. The van der Waals surface area contributed by atoms with Crippen LogP contribution in [0, 0.1) is 6.92 Å². The minimum absolute atomic E-state index is 0.0237. The van der Waals surface area contributed by atoms with Gasteiger partial charge in [0, 0.05) is 5.56 Å². The molecule has 21 heavy (non-hydrogen) atoms. The van der Waals surface area contributed by atoms with Gasteiger partial charge >= 0.3 is 0 Å². The number of aryl methyl sites for hydroxylation is 1. The lowest BCUT2D eigenvalue weighted by Gasteiger charge is -2.13. The van der Waals surface area contributed by atoms with E-state index in [-0.39, 0.29) is 9.88 Å². The molecule has 0 saturated carbocycles. The molecule has 1 atom stereocenters. The van der Waals surface area contributed by atoms with Crippen LogP contribution in [0.4, 0.5) is 0 Å². The number of nitrogens with two attached hydrogens (primary N) is 1. The number of oxazole rings is 1. The zero-order chi connectivity index (χ0) is 15.6. The number of aromatic nitrogens is 1. The molecule has 0 bridgehead atoms. The topological polar surface area (TPSA) is 98.2 Å². The minimum Gasteiger partial charge on any atom is -0.444 e. The van der Waals surface area contributed by atoms with Gasteiger partial charge in [0.25, 0.3) is 0 Å². The van der Waals surface area contributed by atoms with Gasteiger partial charge in [0.2, 0.25) is 15.9 Å². The van der Waals surface area contributed by atoms with E-state index in [0.717, 1.165) is 0 Å². The molecule has 1 heterocycles. The second kappa shape index (κ2) is 5.92. The van der Waals surface area contributed by atoms with Crippen molar-refractivity contribution in [1.29, 1.82) is 0 Å². The van der Waals surface area contributed by atoms with Crippen molar-refractivity contribution in [3.63, 3.8) is 0 Å². The maximum Gasteiger partial charge on any atom is 0.241 e. The van der Waals surface area contributed by atoms with Gasteiger partial charge < -0.3 is 10.2 Å². The second-order valence-corrected chi connectivity index (χ2v) is 6.63. The summed E-state index contributed by atoms with van der Waals surface area (Å²) >= 11 is 4.88. The van der Waals surface area contributed by atoms with Crippen molar-refractivity contribution < 1.29 is 12.8 Å². The second-order valence-electron chi connectivity index (χ2n) is 4.51. The summed E-state index contributed by atoms with van der Waals surface area (Å²) in [7, 11) is -3.79. The molecular weight excluding hydrogens is 310 g/mol. The van der Waals surface area contributed by atoms with Crippen molar-refractivity contribution in [2.45, 2.75) is 24.8 Å². The lowest BCUT2D eigenvalue weighted by atomic mass is 10.2. The van der Waals surface area contributed by atoms with Crippen LogP contribution in [0.15, 0.2) is 39.8 Å². The van der Waals surface area contributed by atoms with Gasteiger partial charge in [-0.05, 0) is 19.9 Å². The number of thiocarbonyl (C=S) groups is 1. The molecule has 1 aromatic carbocycles. The van der Waals surface area contributed by atoms with Crippen LogP contribution in [-0.4, -0.2) is 18.4 Å². The summed E-state index contributed by atoms with van der Waals surface area (Å²) in [6, 6.07) is 5.69. The van der Waals surface area contributed by atoms with E-state index in [1.165, 1.54) is 12.3 Å². The lowest BCUT2D eigenvalue weighted by Crippen LogP contribution is -2.29. The molecule has 112 valence electrons. The molecule has 3 N–H and O–H groups in total. The van der Waals surface area contributed by atoms with E-state index in [4.69, 9.17) is 22.4 Å². The smallest absolute Gasteiger partial charge is 0.241 e. The van der Waals surface area contributed by atoms with Gasteiger partial charge in [0.1, 0.15) is 10.7 Å². The van der Waals surface area contributed by atoms with Crippen LogP contribution in [0.25, 0.3) is 0 Å². The van der Waals surface area contributed by atoms with E-state index in [1.807, 2.05) is 0 Å². The van der Waals surface area contributed by atoms with Crippen molar-refractivity contribution >= 4 is 27.2 Å². The first kappa shape index (κ1) is 15.6.